The third kappa shape index (κ3) is 2.13. The van der Waals surface area contributed by atoms with Gasteiger partial charge in [-0.25, -0.2) is 9.97 Å². The molecule has 0 spiro atoms. The number of nitrogens with zero attached hydrogens (tertiary/aromatic N) is 6. The fraction of sp³-hybridized carbons (Fsp3) is 0.385. The third-order valence-electron chi connectivity index (χ3n) is 3.96. The lowest BCUT2D eigenvalue weighted by molar-refractivity contribution is -0.122. The van der Waals surface area contributed by atoms with E-state index in [0.717, 1.165) is 0 Å². The summed E-state index contributed by atoms with van der Waals surface area (Å²) in [5.74, 6) is -0.645. The van der Waals surface area contributed by atoms with Gasteiger partial charge in [-0.3, -0.25) is 4.57 Å². The Kier molecular flexibility index (Phi) is 3.66. The minimum Gasteiger partial charge on any atom is -0.397 e. The first-order valence-corrected chi connectivity index (χ1v) is 6.80. The van der Waals surface area contributed by atoms with Crippen molar-refractivity contribution in [2.45, 2.75) is 18.1 Å². The maximum atomic E-state index is 10.4. The number of fused-ring (bicyclic) bond motifs is 1. The van der Waals surface area contributed by atoms with Gasteiger partial charge in [-0.15, -0.1) is 6.58 Å². The van der Waals surface area contributed by atoms with Crippen molar-refractivity contribution in [1.82, 2.24) is 14.5 Å². The number of anilines is 1. The lowest BCUT2D eigenvalue weighted by Crippen LogP contribution is -2.42. The first-order valence-electron chi connectivity index (χ1n) is 6.80. The van der Waals surface area contributed by atoms with Crippen molar-refractivity contribution in [2.75, 3.05) is 12.3 Å². The van der Waals surface area contributed by atoms with Crippen LogP contribution in [0.4, 0.5) is 5.69 Å². The van der Waals surface area contributed by atoms with Crippen molar-refractivity contribution < 1.29 is 14.9 Å². The van der Waals surface area contributed by atoms with E-state index in [1.807, 2.05) is 0 Å². The molecule has 3 heterocycles. The van der Waals surface area contributed by atoms with Crippen molar-refractivity contribution in [3.8, 4) is 0 Å². The van der Waals surface area contributed by atoms with Crippen LogP contribution in [-0.2, 0) is 4.74 Å². The van der Waals surface area contributed by atoms with Crippen LogP contribution in [-0.4, -0.2) is 43.2 Å². The summed E-state index contributed by atoms with van der Waals surface area (Å²) in [6, 6.07) is 1.62. The molecule has 0 bridgehead atoms. The summed E-state index contributed by atoms with van der Waals surface area (Å²) in [6.45, 7) is 3.00. The van der Waals surface area contributed by atoms with Crippen LogP contribution in [0.15, 0.2) is 36.4 Å². The molecule has 1 saturated heterocycles. The van der Waals surface area contributed by atoms with Gasteiger partial charge in [0, 0.05) is 11.1 Å². The molecule has 1 aliphatic heterocycles. The summed E-state index contributed by atoms with van der Waals surface area (Å²) >= 11 is 0. The molecule has 10 heteroatoms. The average Bonchev–Trinajstić information content (AvgIpc) is 3.09. The van der Waals surface area contributed by atoms with Crippen molar-refractivity contribution in [3.63, 3.8) is 0 Å². The van der Waals surface area contributed by atoms with Crippen molar-refractivity contribution in [2.24, 2.45) is 11.0 Å². The second-order valence-electron chi connectivity index (χ2n) is 5.18. The number of aliphatic hydroxyl groups is 2. The molecule has 3 rings (SSSR count). The molecule has 120 valence electrons. The predicted molar refractivity (Wildman–Crippen MR) is 80.7 cm³/mol. The molecule has 4 atom stereocenters. The normalized spacial score (nSPS) is 30.3. The minimum absolute atomic E-state index is 0.448. The third-order valence-corrected chi connectivity index (χ3v) is 3.96. The number of pyridine rings is 1. The molecule has 0 aromatic carbocycles. The minimum atomic E-state index is -1.80. The van der Waals surface area contributed by atoms with Crippen molar-refractivity contribution in [1.29, 1.82) is 0 Å². The van der Waals surface area contributed by atoms with Crippen LogP contribution in [0.1, 0.15) is 6.23 Å². The molecular formula is C13H15N7O3. The van der Waals surface area contributed by atoms with Crippen molar-refractivity contribution in [3.05, 3.63) is 41.7 Å². The molecule has 2 aromatic heterocycles. The predicted octanol–water partition coefficient (Wildman–Crippen LogP) is 0.704. The highest BCUT2D eigenvalue weighted by atomic mass is 16.6. The van der Waals surface area contributed by atoms with Crippen LogP contribution in [0.2, 0.25) is 0 Å². The molecule has 0 unspecified atom stereocenters. The molecule has 2 aromatic rings. The van der Waals surface area contributed by atoms with Gasteiger partial charge in [0.25, 0.3) is 0 Å². The standard InChI is InChI=1S/C13H15N7O3/c1-2-7-10(22)13(5-21,18-19-15)23-12(7)20-6-17-9-8(14)3-4-16-11(9)20/h2-4,6-7,10,12,21-22H,1,5H2,(H2,14,16)/t7-,10-,12+,13+/m0/s1. The van der Waals surface area contributed by atoms with Crippen LogP contribution in [0.25, 0.3) is 21.6 Å². The number of nitrogens with two attached hydrogens (primary N) is 1. The lowest BCUT2D eigenvalue weighted by Gasteiger charge is -2.24. The second-order valence-corrected chi connectivity index (χ2v) is 5.18. The van der Waals surface area contributed by atoms with Gasteiger partial charge >= 0.3 is 0 Å². The van der Waals surface area contributed by atoms with Gasteiger partial charge < -0.3 is 20.7 Å². The number of rotatable bonds is 4. The molecule has 23 heavy (non-hydrogen) atoms. The molecule has 0 radical (unpaired) electrons. The second kappa shape index (κ2) is 5.52. The zero-order chi connectivity index (χ0) is 16.6. The van der Waals surface area contributed by atoms with Gasteiger partial charge in [0.15, 0.2) is 11.4 Å². The van der Waals surface area contributed by atoms with E-state index in [2.05, 4.69) is 26.6 Å². The van der Waals surface area contributed by atoms with E-state index in [1.54, 1.807) is 10.6 Å². The van der Waals surface area contributed by atoms with Gasteiger partial charge in [-0.2, -0.15) is 0 Å². The fourth-order valence-electron chi connectivity index (χ4n) is 2.76. The van der Waals surface area contributed by atoms with Gasteiger partial charge in [0.05, 0.1) is 24.5 Å². The number of aliphatic hydroxyl groups excluding tert-OH is 2. The van der Waals surface area contributed by atoms with E-state index in [1.165, 1.54) is 18.6 Å². The maximum Gasteiger partial charge on any atom is 0.198 e. The molecule has 0 saturated carbocycles. The van der Waals surface area contributed by atoms with Crippen LogP contribution in [0, 0.1) is 5.92 Å². The zero-order valence-electron chi connectivity index (χ0n) is 12.0. The molecular weight excluding hydrogens is 302 g/mol. The summed E-state index contributed by atoms with van der Waals surface area (Å²) in [6.07, 6.45) is 2.38. The van der Waals surface area contributed by atoms with Gasteiger partial charge in [0.2, 0.25) is 0 Å². The summed E-state index contributed by atoms with van der Waals surface area (Å²) in [5.41, 5.74) is 14.2. The first-order chi connectivity index (χ1) is 11.1. The lowest BCUT2D eigenvalue weighted by atomic mass is 9.96. The molecule has 0 amide bonds. The van der Waals surface area contributed by atoms with Gasteiger partial charge in [0.1, 0.15) is 17.8 Å². The largest absolute Gasteiger partial charge is 0.397 e. The highest BCUT2D eigenvalue weighted by Crippen LogP contribution is 2.43. The Labute approximate surface area is 130 Å². The number of hydrogen-bond donors (Lipinski definition) is 3. The van der Waals surface area contributed by atoms with E-state index in [4.69, 9.17) is 16.0 Å². The molecule has 4 N–H and O–H groups in total. The highest BCUT2D eigenvalue weighted by Gasteiger charge is 2.54. The van der Waals surface area contributed by atoms with Crippen LogP contribution < -0.4 is 5.73 Å². The SMILES string of the molecule is C=C[C@@H]1[C@H](n2cnc3c(N)ccnc32)O[C@@](CO)(N=[N+]=[N-])[C@H]1O. The Morgan fingerprint density at radius 1 is 1.61 bits per heavy atom. The number of nitrogen functional groups attached to an aromatic ring is 1. The van der Waals surface area contributed by atoms with E-state index >= 15 is 0 Å². The number of azide groups is 1. The summed E-state index contributed by atoms with van der Waals surface area (Å²) in [7, 11) is 0. The number of imidazole rings is 1. The molecule has 0 aliphatic carbocycles. The number of hydrogen-bond acceptors (Lipinski definition) is 7. The fourth-order valence-corrected chi connectivity index (χ4v) is 2.76. The van der Waals surface area contributed by atoms with Gasteiger partial charge in [-0.05, 0) is 11.6 Å². The topological polar surface area (TPSA) is 155 Å². The number of ether oxygens (including phenoxy) is 1. The molecule has 1 fully saturated rings. The Bertz CT molecular complexity index is 800. The van der Waals surface area contributed by atoms with Crippen LogP contribution in [0.3, 0.4) is 0 Å². The van der Waals surface area contributed by atoms with Crippen molar-refractivity contribution >= 4 is 16.9 Å². The van der Waals surface area contributed by atoms with E-state index < -0.39 is 30.6 Å². The zero-order valence-corrected chi connectivity index (χ0v) is 12.0. The Morgan fingerprint density at radius 2 is 2.39 bits per heavy atom. The smallest absolute Gasteiger partial charge is 0.198 e. The van der Waals surface area contributed by atoms with E-state index in [0.29, 0.717) is 16.9 Å². The average molecular weight is 317 g/mol. The Hall–Kier alpha value is -2.65. The molecule has 10 nitrogen and oxygen atoms in total. The van der Waals surface area contributed by atoms with Crippen LogP contribution in [0.5, 0.6) is 0 Å². The first kappa shape index (κ1) is 15.3. The quantitative estimate of drug-likeness (QED) is 0.326. The van der Waals surface area contributed by atoms with Crippen LogP contribution >= 0.6 is 0 Å². The molecule has 1 aliphatic rings. The number of aromatic nitrogens is 3. The summed E-state index contributed by atoms with van der Waals surface area (Å²) in [4.78, 5) is 11.1. The summed E-state index contributed by atoms with van der Waals surface area (Å²) in [5, 5.41) is 23.4. The monoisotopic (exact) mass is 317 g/mol. The van der Waals surface area contributed by atoms with E-state index in [-0.39, 0.29) is 0 Å². The maximum absolute atomic E-state index is 10.4. The van der Waals surface area contributed by atoms with E-state index in [9.17, 15) is 10.2 Å². The van der Waals surface area contributed by atoms with Gasteiger partial charge in [-0.1, -0.05) is 11.2 Å². The summed E-state index contributed by atoms with van der Waals surface area (Å²) < 4.78 is 7.26. The Balaban J connectivity index is 2.12. The highest BCUT2D eigenvalue weighted by molar-refractivity contribution is 5.83. The Morgan fingerprint density at radius 3 is 3.04 bits per heavy atom.